The highest BCUT2D eigenvalue weighted by molar-refractivity contribution is 7.89. The summed E-state index contributed by atoms with van der Waals surface area (Å²) >= 11 is 0. The molecule has 0 saturated carbocycles. The molecule has 0 aliphatic heterocycles. The van der Waals surface area contributed by atoms with Crippen molar-refractivity contribution in [3.05, 3.63) is 65.2 Å². The van der Waals surface area contributed by atoms with Crippen LogP contribution in [0, 0.1) is 11.6 Å². The van der Waals surface area contributed by atoms with Gasteiger partial charge in [-0.05, 0) is 44.4 Å². The molecule has 0 spiro atoms. The first-order chi connectivity index (χ1) is 14.1. The SMILES string of the molecule is CCN(CC)S(=O)(=O)c1cccc(C(=O)NCC(c2c(F)cccc2F)N(C)C)c1. The molecule has 0 saturated heterocycles. The van der Waals surface area contributed by atoms with Gasteiger partial charge in [0.25, 0.3) is 5.91 Å². The van der Waals surface area contributed by atoms with E-state index < -0.39 is 33.6 Å². The molecule has 0 fully saturated rings. The number of halogens is 2. The van der Waals surface area contributed by atoms with E-state index in [1.54, 1.807) is 32.8 Å². The van der Waals surface area contributed by atoms with Crippen LogP contribution >= 0.6 is 0 Å². The van der Waals surface area contributed by atoms with Crippen LogP contribution in [0.5, 0.6) is 0 Å². The molecular formula is C21H27F2N3O3S. The van der Waals surface area contributed by atoms with Crippen LogP contribution in [0.3, 0.4) is 0 Å². The number of nitrogens with one attached hydrogen (secondary N) is 1. The van der Waals surface area contributed by atoms with Gasteiger partial charge in [0.1, 0.15) is 11.6 Å². The van der Waals surface area contributed by atoms with E-state index in [9.17, 15) is 22.0 Å². The third-order valence-electron chi connectivity index (χ3n) is 4.85. The molecule has 0 aliphatic rings. The third-order valence-corrected chi connectivity index (χ3v) is 6.90. The molecule has 30 heavy (non-hydrogen) atoms. The Bertz CT molecular complexity index is 972. The summed E-state index contributed by atoms with van der Waals surface area (Å²) in [4.78, 5) is 14.3. The summed E-state index contributed by atoms with van der Waals surface area (Å²) in [6, 6.07) is 8.59. The Morgan fingerprint density at radius 3 is 2.13 bits per heavy atom. The summed E-state index contributed by atoms with van der Waals surface area (Å²) in [5.41, 5.74) is 0.00963. The fraction of sp³-hybridized carbons (Fsp3) is 0.381. The molecular weight excluding hydrogens is 412 g/mol. The second-order valence-electron chi connectivity index (χ2n) is 6.94. The van der Waals surface area contributed by atoms with Crippen molar-refractivity contribution in [2.75, 3.05) is 33.7 Å². The largest absolute Gasteiger partial charge is 0.350 e. The Balaban J connectivity index is 2.24. The van der Waals surface area contributed by atoms with E-state index in [0.29, 0.717) is 13.1 Å². The molecule has 1 N–H and O–H groups in total. The highest BCUT2D eigenvalue weighted by Crippen LogP contribution is 2.24. The molecule has 0 heterocycles. The molecule has 1 unspecified atom stereocenters. The normalized spacial score (nSPS) is 12.9. The molecule has 0 bridgehead atoms. The van der Waals surface area contributed by atoms with E-state index >= 15 is 0 Å². The van der Waals surface area contributed by atoms with Gasteiger partial charge in [-0.15, -0.1) is 0 Å². The van der Waals surface area contributed by atoms with Gasteiger partial charge in [0.05, 0.1) is 10.9 Å². The molecule has 0 radical (unpaired) electrons. The lowest BCUT2D eigenvalue weighted by atomic mass is 10.0. The number of rotatable bonds is 9. The first-order valence-corrected chi connectivity index (χ1v) is 11.1. The van der Waals surface area contributed by atoms with E-state index in [1.807, 2.05) is 0 Å². The summed E-state index contributed by atoms with van der Waals surface area (Å²) in [7, 11) is -0.405. The minimum atomic E-state index is -3.71. The monoisotopic (exact) mass is 439 g/mol. The standard InChI is InChI=1S/C21H27F2N3O3S/c1-5-26(6-2)30(28,29)16-10-7-9-15(13-16)21(27)24-14-19(25(3)4)20-17(22)11-8-12-18(20)23/h7-13,19H,5-6,14H2,1-4H3,(H,24,27). The fourth-order valence-corrected chi connectivity index (χ4v) is 4.68. The van der Waals surface area contributed by atoms with Gasteiger partial charge in [-0.1, -0.05) is 26.0 Å². The predicted molar refractivity (Wildman–Crippen MR) is 112 cm³/mol. The molecule has 2 rings (SSSR count). The van der Waals surface area contributed by atoms with Gasteiger partial charge in [-0.2, -0.15) is 4.31 Å². The quantitative estimate of drug-likeness (QED) is 0.652. The average molecular weight is 440 g/mol. The van der Waals surface area contributed by atoms with E-state index in [4.69, 9.17) is 0 Å². The number of carbonyl (C=O) groups is 1. The highest BCUT2D eigenvalue weighted by Gasteiger charge is 2.25. The van der Waals surface area contributed by atoms with Gasteiger partial charge in [-0.3, -0.25) is 4.79 Å². The maximum Gasteiger partial charge on any atom is 0.251 e. The predicted octanol–water partition coefficient (Wildman–Crippen LogP) is 3.03. The number of carbonyl (C=O) groups excluding carboxylic acids is 1. The van der Waals surface area contributed by atoms with Gasteiger partial charge in [-0.25, -0.2) is 17.2 Å². The second kappa shape index (κ2) is 10.1. The number of hydrogen-bond acceptors (Lipinski definition) is 4. The van der Waals surface area contributed by atoms with Crippen LogP contribution in [0.1, 0.15) is 35.8 Å². The van der Waals surface area contributed by atoms with Gasteiger partial charge < -0.3 is 10.2 Å². The smallest absolute Gasteiger partial charge is 0.251 e. The van der Waals surface area contributed by atoms with E-state index in [1.165, 1.54) is 34.6 Å². The Kier molecular flexibility index (Phi) is 8.05. The van der Waals surface area contributed by atoms with Crippen molar-refractivity contribution in [1.82, 2.24) is 14.5 Å². The maximum atomic E-state index is 14.2. The molecule has 0 aliphatic carbocycles. The third kappa shape index (κ3) is 5.21. The van der Waals surface area contributed by atoms with Gasteiger partial charge in [0.15, 0.2) is 0 Å². The number of benzene rings is 2. The van der Waals surface area contributed by atoms with Crippen LogP contribution in [-0.2, 0) is 10.0 Å². The number of amides is 1. The second-order valence-corrected chi connectivity index (χ2v) is 8.88. The van der Waals surface area contributed by atoms with Gasteiger partial charge >= 0.3 is 0 Å². The van der Waals surface area contributed by atoms with Crippen LogP contribution in [0.15, 0.2) is 47.4 Å². The van der Waals surface area contributed by atoms with Crippen LogP contribution in [-0.4, -0.2) is 57.3 Å². The maximum absolute atomic E-state index is 14.2. The highest BCUT2D eigenvalue weighted by atomic mass is 32.2. The Morgan fingerprint density at radius 2 is 1.60 bits per heavy atom. The number of likely N-dealkylation sites (N-methyl/N-ethyl adjacent to an activating group) is 1. The molecule has 164 valence electrons. The zero-order valence-electron chi connectivity index (χ0n) is 17.5. The van der Waals surface area contributed by atoms with Crippen molar-refractivity contribution in [3.63, 3.8) is 0 Å². The van der Waals surface area contributed by atoms with Crippen molar-refractivity contribution in [3.8, 4) is 0 Å². The van der Waals surface area contributed by atoms with Crippen LogP contribution in [0.25, 0.3) is 0 Å². The first kappa shape index (κ1) is 23.9. The molecule has 2 aromatic carbocycles. The van der Waals surface area contributed by atoms with Crippen LogP contribution < -0.4 is 5.32 Å². The summed E-state index contributed by atoms with van der Waals surface area (Å²) in [6.45, 7) is 4.04. The summed E-state index contributed by atoms with van der Waals surface area (Å²) < 4.78 is 55.0. The minimum Gasteiger partial charge on any atom is -0.350 e. The summed E-state index contributed by atoms with van der Waals surface area (Å²) in [5.74, 6) is -1.93. The number of hydrogen-bond donors (Lipinski definition) is 1. The van der Waals surface area contributed by atoms with Crippen molar-refractivity contribution < 1.29 is 22.0 Å². The zero-order valence-corrected chi connectivity index (χ0v) is 18.3. The lowest BCUT2D eigenvalue weighted by Crippen LogP contribution is -2.35. The van der Waals surface area contributed by atoms with Gasteiger partial charge in [0, 0.05) is 30.8 Å². The molecule has 6 nitrogen and oxygen atoms in total. The number of sulfonamides is 1. The van der Waals surface area contributed by atoms with Gasteiger partial charge in [0.2, 0.25) is 10.0 Å². The molecule has 9 heteroatoms. The average Bonchev–Trinajstić information content (AvgIpc) is 2.70. The minimum absolute atomic E-state index is 0.0168. The van der Waals surface area contributed by atoms with Crippen molar-refractivity contribution in [2.45, 2.75) is 24.8 Å². The summed E-state index contributed by atoms with van der Waals surface area (Å²) in [6.07, 6.45) is 0. The fourth-order valence-electron chi connectivity index (χ4n) is 3.17. The van der Waals surface area contributed by atoms with E-state index in [-0.39, 0.29) is 22.6 Å². The van der Waals surface area contributed by atoms with Crippen molar-refractivity contribution in [2.24, 2.45) is 0 Å². The van der Waals surface area contributed by atoms with E-state index in [2.05, 4.69) is 5.32 Å². The Morgan fingerprint density at radius 1 is 1.03 bits per heavy atom. The van der Waals surface area contributed by atoms with E-state index in [0.717, 1.165) is 12.1 Å². The topological polar surface area (TPSA) is 69.7 Å². The Labute approximate surface area is 176 Å². The molecule has 2 aromatic rings. The van der Waals surface area contributed by atoms with Crippen molar-refractivity contribution >= 4 is 15.9 Å². The lowest BCUT2D eigenvalue weighted by molar-refractivity contribution is 0.0940. The van der Waals surface area contributed by atoms with Crippen LogP contribution in [0.4, 0.5) is 8.78 Å². The zero-order chi connectivity index (χ0) is 22.5. The van der Waals surface area contributed by atoms with Crippen molar-refractivity contribution in [1.29, 1.82) is 0 Å². The lowest BCUT2D eigenvalue weighted by Gasteiger charge is -2.26. The first-order valence-electron chi connectivity index (χ1n) is 9.62. The molecule has 1 amide bonds. The molecule has 1 atom stereocenters. The number of nitrogens with zero attached hydrogens (tertiary/aromatic N) is 2. The van der Waals surface area contributed by atoms with Crippen LogP contribution in [0.2, 0.25) is 0 Å². The Hall–Kier alpha value is -2.36. The summed E-state index contributed by atoms with van der Waals surface area (Å²) in [5, 5.41) is 2.65. The molecule has 0 aromatic heterocycles.